The fourth-order valence-electron chi connectivity index (χ4n) is 8.11. The minimum absolute atomic E-state index is 0.0330. The molecule has 4 fully saturated rings. The summed E-state index contributed by atoms with van der Waals surface area (Å²) >= 11 is 0. The Balaban J connectivity index is 0.842. The maximum Gasteiger partial charge on any atom is 0.256 e. The van der Waals surface area contributed by atoms with Crippen LogP contribution in [0, 0.1) is 10.8 Å². The van der Waals surface area contributed by atoms with Crippen molar-refractivity contribution in [2.24, 2.45) is 15.8 Å². The van der Waals surface area contributed by atoms with Crippen LogP contribution in [0.15, 0.2) is 29.3 Å². The van der Waals surface area contributed by atoms with Gasteiger partial charge in [-0.15, -0.1) is 0 Å². The maximum atomic E-state index is 13.5. The zero-order valence-corrected chi connectivity index (χ0v) is 26.4. The van der Waals surface area contributed by atoms with Gasteiger partial charge < -0.3 is 28.7 Å². The van der Waals surface area contributed by atoms with E-state index in [1.165, 1.54) is 25.7 Å². The second-order valence-corrected chi connectivity index (χ2v) is 14.3. The third-order valence-corrected chi connectivity index (χ3v) is 11.2. The molecular formula is C36H43N3O6. The average Bonchev–Trinajstić information content (AvgIpc) is 3.93. The molecule has 2 saturated carbocycles. The fraction of sp³-hybridized carbons (Fsp3) is 0.583. The van der Waals surface area contributed by atoms with E-state index in [9.17, 15) is 9.59 Å². The van der Waals surface area contributed by atoms with Crippen LogP contribution in [0.1, 0.15) is 90.5 Å². The number of amides is 2. The van der Waals surface area contributed by atoms with Crippen LogP contribution in [0.3, 0.4) is 0 Å². The lowest BCUT2D eigenvalue weighted by Crippen LogP contribution is -2.35. The summed E-state index contributed by atoms with van der Waals surface area (Å²) in [6.45, 7) is 2.81. The van der Waals surface area contributed by atoms with Crippen LogP contribution >= 0.6 is 0 Å². The summed E-state index contributed by atoms with van der Waals surface area (Å²) in [4.78, 5) is 35.7. The number of rotatable bonds is 10. The molecule has 0 N–H and O–H groups in total. The molecule has 2 amide bonds. The SMILES string of the molecule is COc1cc2c(cc1OCCCCCOc1cc3c(cc1OC)C(=O)N1CC4(CC4)C[C@H]1C=N3)CC[C@@H]1CC3(CC3)CN1C2=O. The Morgan fingerprint density at radius 3 is 2.07 bits per heavy atom. The van der Waals surface area contributed by atoms with Gasteiger partial charge in [-0.25, -0.2) is 0 Å². The van der Waals surface area contributed by atoms with Crippen molar-refractivity contribution in [3.05, 3.63) is 41.0 Å². The van der Waals surface area contributed by atoms with Crippen molar-refractivity contribution >= 4 is 23.7 Å². The highest BCUT2D eigenvalue weighted by Gasteiger charge is 2.54. The summed E-state index contributed by atoms with van der Waals surface area (Å²) in [6.07, 6.45) is 13.6. The van der Waals surface area contributed by atoms with Gasteiger partial charge >= 0.3 is 0 Å². The largest absolute Gasteiger partial charge is 0.493 e. The van der Waals surface area contributed by atoms with Gasteiger partial charge in [0.15, 0.2) is 23.0 Å². The van der Waals surface area contributed by atoms with Crippen LogP contribution in [0.2, 0.25) is 0 Å². The van der Waals surface area contributed by atoms with Crippen molar-refractivity contribution in [2.45, 2.75) is 82.7 Å². The third kappa shape index (κ3) is 5.22. The van der Waals surface area contributed by atoms with Crippen molar-refractivity contribution in [3.8, 4) is 23.0 Å². The van der Waals surface area contributed by atoms with Crippen molar-refractivity contribution in [1.82, 2.24) is 9.80 Å². The third-order valence-electron chi connectivity index (χ3n) is 11.2. The highest BCUT2D eigenvalue weighted by atomic mass is 16.5. The number of aliphatic imine (C=N–C) groups is 1. The number of methoxy groups -OCH3 is 2. The number of fused-ring (bicyclic) bond motifs is 4. The van der Waals surface area contributed by atoms with E-state index in [2.05, 4.69) is 4.90 Å². The first-order valence-electron chi connectivity index (χ1n) is 16.7. The molecule has 2 spiro atoms. The van der Waals surface area contributed by atoms with Crippen molar-refractivity contribution < 1.29 is 28.5 Å². The average molecular weight is 614 g/mol. The Morgan fingerprint density at radius 2 is 1.38 bits per heavy atom. The molecule has 2 atom stereocenters. The van der Waals surface area contributed by atoms with Crippen LogP contribution < -0.4 is 18.9 Å². The lowest BCUT2D eigenvalue weighted by atomic mass is 9.97. The second kappa shape index (κ2) is 11.0. The first-order valence-corrected chi connectivity index (χ1v) is 16.7. The summed E-state index contributed by atoms with van der Waals surface area (Å²) in [6, 6.07) is 7.97. The molecule has 4 heterocycles. The van der Waals surface area contributed by atoms with Gasteiger partial charge in [0.1, 0.15) is 0 Å². The lowest BCUT2D eigenvalue weighted by Gasteiger charge is -2.22. The van der Waals surface area contributed by atoms with Crippen molar-refractivity contribution in [3.63, 3.8) is 0 Å². The number of carbonyl (C=O) groups excluding carboxylic acids is 2. The lowest BCUT2D eigenvalue weighted by molar-refractivity contribution is 0.0732. The normalized spacial score (nSPS) is 24.5. The van der Waals surface area contributed by atoms with Crippen molar-refractivity contribution in [2.75, 3.05) is 40.5 Å². The molecule has 9 heteroatoms. The summed E-state index contributed by atoms with van der Waals surface area (Å²) in [5, 5.41) is 0. The number of nitrogens with zero attached hydrogens (tertiary/aromatic N) is 3. The number of benzene rings is 2. The van der Waals surface area contributed by atoms with E-state index in [0.717, 1.165) is 69.2 Å². The first-order chi connectivity index (χ1) is 21.9. The number of hydrogen-bond donors (Lipinski definition) is 0. The standard InChI is InChI=1S/C36H43N3O6/c1-42-29-15-26-23(6-7-24-18-35(8-9-35)21-38(24)33(26)40)14-31(29)44-12-4-3-5-13-45-32-17-28-27(16-30(32)43-2)34(41)39-22-36(10-11-36)19-25(39)20-37-28/h14-17,20,24-25H,3-13,18-19,21-22H2,1-2H3/t24-,25+/m1/s1. The zero-order chi connectivity index (χ0) is 30.8. The predicted molar refractivity (Wildman–Crippen MR) is 170 cm³/mol. The highest BCUT2D eigenvalue weighted by Crippen LogP contribution is 2.57. The molecule has 0 unspecified atom stereocenters. The van der Waals surface area contributed by atoms with Crippen LogP contribution in [0.5, 0.6) is 23.0 Å². The van der Waals surface area contributed by atoms with Gasteiger partial charge in [0.2, 0.25) is 0 Å². The Hall–Kier alpha value is -3.75. The molecule has 0 bridgehead atoms. The highest BCUT2D eigenvalue weighted by molar-refractivity contribution is 6.03. The van der Waals surface area contributed by atoms with E-state index < -0.39 is 0 Å². The fourth-order valence-corrected chi connectivity index (χ4v) is 8.11. The Bertz CT molecular complexity index is 1560. The summed E-state index contributed by atoms with van der Waals surface area (Å²) in [5.74, 6) is 2.67. The molecule has 2 aromatic rings. The van der Waals surface area contributed by atoms with Crippen LogP contribution in [0.25, 0.3) is 0 Å². The minimum atomic E-state index is 0.0330. The Kier molecular flexibility index (Phi) is 6.99. The molecule has 8 rings (SSSR count). The number of carbonyl (C=O) groups is 2. The summed E-state index contributed by atoms with van der Waals surface area (Å²) < 4.78 is 23.6. The number of hydrogen-bond acceptors (Lipinski definition) is 7. The van der Waals surface area contributed by atoms with E-state index in [1.54, 1.807) is 20.3 Å². The first kappa shape index (κ1) is 28.7. The Morgan fingerprint density at radius 1 is 0.756 bits per heavy atom. The number of aryl methyl sites for hydroxylation is 1. The molecule has 4 aliphatic heterocycles. The van der Waals surface area contributed by atoms with Gasteiger partial charge in [-0.2, -0.15) is 0 Å². The van der Waals surface area contributed by atoms with Crippen molar-refractivity contribution in [1.29, 1.82) is 0 Å². The van der Waals surface area contributed by atoms with E-state index in [4.69, 9.17) is 23.9 Å². The molecule has 0 radical (unpaired) electrons. The minimum Gasteiger partial charge on any atom is -0.493 e. The summed E-state index contributed by atoms with van der Waals surface area (Å²) in [7, 11) is 3.24. The van der Waals surface area contributed by atoms with Gasteiger partial charge in [-0.3, -0.25) is 14.6 Å². The summed E-state index contributed by atoms with van der Waals surface area (Å²) in [5.41, 5.74) is 3.80. The molecule has 238 valence electrons. The molecule has 0 aromatic heterocycles. The molecule has 2 saturated heterocycles. The van der Waals surface area contributed by atoms with E-state index in [0.29, 0.717) is 64.3 Å². The zero-order valence-electron chi connectivity index (χ0n) is 26.4. The second-order valence-electron chi connectivity index (χ2n) is 14.3. The Labute approximate surface area is 264 Å². The molecule has 2 aliphatic carbocycles. The molecule has 2 aromatic carbocycles. The monoisotopic (exact) mass is 613 g/mol. The van der Waals surface area contributed by atoms with E-state index in [-0.39, 0.29) is 17.9 Å². The van der Waals surface area contributed by atoms with Gasteiger partial charge in [0.05, 0.1) is 44.7 Å². The predicted octanol–water partition coefficient (Wildman–Crippen LogP) is 5.98. The van der Waals surface area contributed by atoms with E-state index >= 15 is 0 Å². The van der Waals surface area contributed by atoms with Gasteiger partial charge in [-0.05, 0) is 105 Å². The topological polar surface area (TPSA) is 89.9 Å². The van der Waals surface area contributed by atoms with Crippen LogP contribution in [-0.2, 0) is 6.42 Å². The van der Waals surface area contributed by atoms with E-state index in [1.807, 2.05) is 29.3 Å². The number of ether oxygens (including phenoxy) is 4. The van der Waals surface area contributed by atoms with Crippen LogP contribution in [0.4, 0.5) is 5.69 Å². The molecule has 45 heavy (non-hydrogen) atoms. The number of unbranched alkanes of at least 4 members (excludes halogenated alkanes) is 2. The molecular weight excluding hydrogens is 570 g/mol. The van der Waals surface area contributed by atoms with Gasteiger partial charge in [0.25, 0.3) is 11.8 Å². The quantitative estimate of drug-likeness (QED) is 0.306. The van der Waals surface area contributed by atoms with Crippen LogP contribution in [-0.4, -0.2) is 80.4 Å². The smallest absolute Gasteiger partial charge is 0.256 e. The molecule has 6 aliphatic rings. The van der Waals surface area contributed by atoms with Gasteiger partial charge in [0, 0.05) is 37.0 Å². The van der Waals surface area contributed by atoms with Gasteiger partial charge in [-0.1, -0.05) is 0 Å². The maximum absolute atomic E-state index is 13.5. The molecule has 9 nitrogen and oxygen atoms in total.